The molecule has 0 unspecified atom stereocenters. The Morgan fingerprint density at radius 2 is 1.87 bits per heavy atom. The second-order valence-electron chi connectivity index (χ2n) is 6.47. The molecule has 1 heterocycles. The number of benzene rings is 2. The van der Waals surface area contributed by atoms with Gasteiger partial charge in [-0.2, -0.15) is 0 Å². The van der Waals surface area contributed by atoms with Crippen LogP contribution < -0.4 is 10.6 Å². The molecule has 0 fully saturated rings. The van der Waals surface area contributed by atoms with E-state index in [4.69, 9.17) is 0 Å². The van der Waals surface area contributed by atoms with Crippen LogP contribution in [0.15, 0.2) is 46.8 Å². The number of nitrogens with one attached hydrogen (secondary N) is 2. The summed E-state index contributed by atoms with van der Waals surface area (Å²) in [5.41, 5.74) is 2.40. The Bertz CT molecular complexity index is 1120. The topological polar surface area (TPSA) is 127 Å². The number of aryl methyl sites for hydroxylation is 2. The Morgan fingerprint density at radius 3 is 2.55 bits per heavy atom. The number of hydrogen-bond acceptors (Lipinski definition) is 8. The molecule has 1 aromatic heterocycles. The van der Waals surface area contributed by atoms with Crippen molar-refractivity contribution >= 4 is 51.4 Å². The van der Waals surface area contributed by atoms with Gasteiger partial charge in [-0.15, -0.1) is 10.2 Å². The third-order valence-electron chi connectivity index (χ3n) is 4.27. The SMILES string of the molecule is CCc1ccc(NC(=O)CSc2nnc(NC(=O)c3ccc(C)c([N+](=O)[O-])c3)s2)cc1. The van der Waals surface area contributed by atoms with Crippen LogP contribution in [-0.2, 0) is 11.2 Å². The van der Waals surface area contributed by atoms with E-state index >= 15 is 0 Å². The number of amides is 2. The lowest BCUT2D eigenvalue weighted by atomic mass is 10.1. The van der Waals surface area contributed by atoms with Gasteiger partial charge in [-0.1, -0.05) is 48.2 Å². The summed E-state index contributed by atoms with van der Waals surface area (Å²) in [5.74, 6) is -0.562. The Balaban J connectivity index is 1.54. The Kier molecular flexibility index (Phi) is 7.32. The van der Waals surface area contributed by atoms with Gasteiger partial charge in [0.15, 0.2) is 4.34 Å². The summed E-state index contributed by atoms with van der Waals surface area (Å²) in [4.78, 5) is 35.0. The molecule has 0 bridgehead atoms. The molecule has 0 spiro atoms. The largest absolute Gasteiger partial charge is 0.325 e. The first kappa shape index (κ1) is 22.4. The monoisotopic (exact) mass is 457 g/mol. The minimum absolute atomic E-state index is 0.128. The fourth-order valence-electron chi connectivity index (χ4n) is 2.58. The van der Waals surface area contributed by atoms with Crippen LogP contribution in [0.25, 0.3) is 0 Å². The zero-order chi connectivity index (χ0) is 22.4. The van der Waals surface area contributed by atoms with E-state index in [1.807, 2.05) is 24.3 Å². The lowest BCUT2D eigenvalue weighted by Crippen LogP contribution is -2.13. The number of nitro benzene ring substituents is 1. The molecule has 31 heavy (non-hydrogen) atoms. The number of nitrogens with zero attached hydrogens (tertiary/aromatic N) is 3. The Hall–Kier alpha value is -3.31. The summed E-state index contributed by atoms with van der Waals surface area (Å²) in [6.45, 7) is 3.66. The maximum absolute atomic E-state index is 12.4. The van der Waals surface area contributed by atoms with Gasteiger partial charge in [-0.05, 0) is 37.1 Å². The summed E-state index contributed by atoms with van der Waals surface area (Å²) in [6, 6.07) is 11.9. The van der Waals surface area contributed by atoms with E-state index in [0.29, 0.717) is 9.90 Å². The molecule has 0 radical (unpaired) electrons. The van der Waals surface area contributed by atoms with Crippen molar-refractivity contribution in [2.75, 3.05) is 16.4 Å². The van der Waals surface area contributed by atoms with Crippen LogP contribution in [0.1, 0.15) is 28.4 Å². The highest BCUT2D eigenvalue weighted by Gasteiger charge is 2.17. The molecule has 0 saturated carbocycles. The number of rotatable bonds is 8. The van der Waals surface area contributed by atoms with Crippen molar-refractivity contribution in [3.8, 4) is 0 Å². The zero-order valence-electron chi connectivity index (χ0n) is 16.7. The quantitative estimate of drug-likeness (QED) is 0.223. The third kappa shape index (κ3) is 6.09. The predicted molar refractivity (Wildman–Crippen MR) is 121 cm³/mol. The summed E-state index contributed by atoms with van der Waals surface area (Å²) >= 11 is 2.32. The minimum atomic E-state index is -0.533. The molecule has 11 heteroatoms. The molecule has 3 aromatic rings. The van der Waals surface area contributed by atoms with E-state index in [1.54, 1.807) is 6.92 Å². The van der Waals surface area contributed by atoms with Crippen molar-refractivity contribution in [1.82, 2.24) is 10.2 Å². The van der Waals surface area contributed by atoms with Gasteiger partial charge in [0.05, 0.1) is 10.7 Å². The molecule has 0 aliphatic carbocycles. The van der Waals surface area contributed by atoms with Gasteiger partial charge in [-0.25, -0.2) is 0 Å². The average molecular weight is 458 g/mol. The molecular formula is C20H19N5O4S2. The van der Waals surface area contributed by atoms with Gasteiger partial charge in [-0.3, -0.25) is 25.0 Å². The molecule has 0 atom stereocenters. The van der Waals surface area contributed by atoms with E-state index in [1.165, 1.54) is 35.5 Å². The number of anilines is 2. The van der Waals surface area contributed by atoms with Gasteiger partial charge >= 0.3 is 0 Å². The van der Waals surface area contributed by atoms with Crippen molar-refractivity contribution in [2.24, 2.45) is 0 Å². The van der Waals surface area contributed by atoms with Crippen molar-refractivity contribution in [1.29, 1.82) is 0 Å². The molecule has 9 nitrogen and oxygen atoms in total. The first-order valence-corrected chi connectivity index (χ1v) is 11.1. The van der Waals surface area contributed by atoms with Crippen LogP contribution in [0, 0.1) is 17.0 Å². The van der Waals surface area contributed by atoms with Gasteiger partial charge in [0.1, 0.15) is 0 Å². The standard InChI is InChI=1S/C20H19N5O4S2/c1-3-13-5-8-15(9-6-13)21-17(26)11-30-20-24-23-19(31-20)22-18(27)14-7-4-12(2)16(10-14)25(28)29/h4-10H,3,11H2,1-2H3,(H,21,26)(H,22,23,27). The first-order valence-electron chi connectivity index (χ1n) is 9.27. The highest BCUT2D eigenvalue weighted by atomic mass is 32.2. The van der Waals surface area contributed by atoms with Crippen LogP contribution >= 0.6 is 23.1 Å². The van der Waals surface area contributed by atoms with Crippen LogP contribution in [-0.4, -0.2) is 32.7 Å². The lowest BCUT2D eigenvalue weighted by Gasteiger charge is -2.05. The second-order valence-corrected chi connectivity index (χ2v) is 8.67. The summed E-state index contributed by atoms with van der Waals surface area (Å²) < 4.78 is 0.515. The molecule has 3 rings (SSSR count). The number of thioether (sulfide) groups is 1. The Morgan fingerprint density at radius 1 is 1.13 bits per heavy atom. The minimum Gasteiger partial charge on any atom is -0.325 e. The maximum Gasteiger partial charge on any atom is 0.273 e. The molecular weight excluding hydrogens is 438 g/mol. The summed E-state index contributed by atoms with van der Waals surface area (Å²) in [5, 5.41) is 24.5. The predicted octanol–water partition coefficient (Wildman–Crippen LogP) is 4.30. The van der Waals surface area contributed by atoms with Crippen molar-refractivity contribution in [3.63, 3.8) is 0 Å². The van der Waals surface area contributed by atoms with Crippen LogP contribution in [0.4, 0.5) is 16.5 Å². The van der Waals surface area contributed by atoms with Gasteiger partial charge in [0.2, 0.25) is 11.0 Å². The van der Waals surface area contributed by atoms with E-state index in [0.717, 1.165) is 23.4 Å². The summed E-state index contributed by atoms with van der Waals surface area (Å²) in [7, 11) is 0. The fraction of sp³-hybridized carbons (Fsp3) is 0.200. The number of carbonyl (C=O) groups excluding carboxylic acids is 2. The van der Waals surface area contributed by atoms with Crippen molar-refractivity contribution in [3.05, 3.63) is 69.3 Å². The highest BCUT2D eigenvalue weighted by Crippen LogP contribution is 2.26. The zero-order valence-corrected chi connectivity index (χ0v) is 18.4. The van der Waals surface area contributed by atoms with Crippen LogP contribution in [0.5, 0.6) is 0 Å². The molecule has 2 amide bonds. The third-order valence-corrected chi connectivity index (χ3v) is 6.24. The van der Waals surface area contributed by atoms with Crippen LogP contribution in [0.2, 0.25) is 0 Å². The molecule has 0 saturated heterocycles. The fourth-order valence-corrected chi connectivity index (χ4v) is 4.13. The van der Waals surface area contributed by atoms with Crippen LogP contribution in [0.3, 0.4) is 0 Å². The van der Waals surface area contributed by atoms with Crippen molar-refractivity contribution < 1.29 is 14.5 Å². The van der Waals surface area contributed by atoms with Crippen molar-refractivity contribution in [2.45, 2.75) is 24.6 Å². The van der Waals surface area contributed by atoms with E-state index < -0.39 is 10.8 Å². The number of nitro groups is 1. The van der Waals surface area contributed by atoms with Gasteiger partial charge in [0.25, 0.3) is 11.6 Å². The number of hydrogen-bond donors (Lipinski definition) is 2. The molecule has 2 aromatic carbocycles. The van der Waals surface area contributed by atoms with Gasteiger partial charge in [0, 0.05) is 22.9 Å². The number of aromatic nitrogens is 2. The molecule has 2 N–H and O–H groups in total. The normalized spacial score (nSPS) is 10.5. The smallest absolute Gasteiger partial charge is 0.273 e. The molecule has 0 aliphatic rings. The number of carbonyl (C=O) groups is 2. The first-order chi connectivity index (χ1) is 14.9. The molecule has 160 valence electrons. The van der Waals surface area contributed by atoms with E-state index in [9.17, 15) is 19.7 Å². The average Bonchev–Trinajstić information content (AvgIpc) is 3.20. The van der Waals surface area contributed by atoms with E-state index in [2.05, 4.69) is 27.8 Å². The molecule has 0 aliphatic heterocycles. The highest BCUT2D eigenvalue weighted by molar-refractivity contribution is 8.01. The Labute approximate surface area is 186 Å². The maximum atomic E-state index is 12.4. The second kappa shape index (κ2) is 10.1. The van der Waals surface area contributed by atoms with E-state index in [-0.39, 0.29) is 28.0 Å². The lowest BCUT2D eigenvalue weighted by molar-refractivity contribution is -0.385. The van der Waals surface area contributed by atoms with Gasteiger partial charge < -0.3 is 5.32 Å². The summed E-state index contributed by atoms with van der Waals surface area (Å²) in [6.07, 6.45) is 0.931.